The molecule has 0 spiro atoms. The molecule has 2 fully saturated rings. The van der Waals surface area contributed by atoms with Crippen molar-refractivity contribution in [2.45, 2.75) is 57.8 Å². The summed E-state index contributed by atoms with van der Waals surface area (Å²) >= 11 is 0. The molecule has 0 aromatic rings. The van der Waals surface area contributed by atoms with Gasteiger partial charge >= 0.3 is 0 Å². The zero-order valence-electron chi connectivity index (χ0n) is 10.3. The van der Waals surface area contributed by atoms with Crippen molar-refractivity contribution >= 4 is 5.78 Å². The third kappa shape index (κ3) is 3.58. The van der Waals surface area contributed by atoms with Crippen molar-refractivity contribution < 1.29 is 4.79 Å². The molecule has 0 radical (unpaired) electrons. The highest BCUT2D eigenvalue weighted by Gasteiger charge is 2.22. The molecular formula is C14H25NO. The maximum atomic E-state index is 12.0. The first-order chi connectivity index (χ1) is 7.86. The number of ketones is 1. The van der Waals surface area contributed by atoms with Gasteiger partial charge in [-0.15, -0.1) is 0 Å². The van der Waals surface area contributed by atoms with Gasteiger partial charge in [0.25, 0.3) is 0 Å². The lowest BCUT2D eigenvalue weighted by atomic mass is 9.83. The number of hydrogen-bond acceptors (Lipinski definition) is 2. The van der Waals surface area contributed by atoms with E-state index in [4.69, 9.17) is 0 Å². The Bertz CT molecular complexity index is 215. The lowest BCUT2D eigenvalue weighted by molar-refractivity contribution is -0.124. The van der Waals surface area contributed by atoms with Crippen LogP contribution in [0, 0.1) is 11.8 Å². The van der Waals surface area contributed by atoms with Gasteiger partial charge in [0.1, 0.15) is 5.78 Å². The second-order valence-corrected chi connectivity index (χ2v) is 5.55. The van der Waals surface area contributed by atoms with Crippen LogP contribution in [0.25, 0.3) is 0 Å². The average Bonchev–Trinajstić information content (AvgIpc) is 2.38. The van der Waals surface area contributed by atoms with E-state index < -0.39 is 0 Å². The zero-order valence-corrected chi connectivity index (χ0v) is 10.3. The SMILES string of the molecule is O=C(CCC1CCCNC1)C1CCCCC1. The smallest absolute Gasteiger partial charge is 0.135 e. The Morgan fingerprint density at radius 2 is 1.88 bits per heavy atom. The summed E-state index contributed by atoms with van der Waals surface area (Å²) in [5, 5.41) is 3.43. The highest BCUT2D eigenvalue weighted by Crippen LogP contribution is 2.26. The first-order valence-electron chi connectivity index (χ1n) is 7.09. The molecular weight excluding hydrogens is 198 g/mol. The van der Waals surface area contributed by atoms with Crippen molar-refractivity contribution in [3.8, 4) is 0 Å². The molecule has 1 N–H and O–H groups in total. The lowest BCUT2D eigenvalue weighted by Gasteiger charge is -2.24. The number of hydrogen-bond donors (Lipinski definition) is 1. The fourth-order valence-electron chi connectivity index (χ4n) is 3.15. The molecule has 0 aromatic carbocycles. The first kappa shape index (κ1) is 12.1. The Hall–Kier alpha value is -0.370. The van der Waals surface area contributed by atoms with E-state index >= 15 is 0 Å². The molecule has 92 valence electrons. The summed E-state index contributed by atoms with van der Waals surface area (Å²) in [6.07, 6.45) is 10.8. The molecule has 1 atom stereocenters. The van der Waals surface area contributed by atoms with Crippen molar-refractivity contribution in [3.05, 3.63) is 0 Å². The van der Waals surface area contributed by atoms with E-state index in [-0.39, 0.29) is 0 Å². The molecule has 0 bridgehead atoms. The average molecular weight is 223 g/mol. The van der Waals surface area contributed by atoms with Crippen molar-refractivity contribution in [2.24, 2.45) is 11.8 Å². The molecule has 1 unspecified atom stereocenters. The highest BCUT2D eigenvalue weighted by atomic mass is 16.1. The molecule has 2 nitrogen and oxygen atoms in total. The molecule has 1 aliphatic carbocycles. The summed E-state index contributed by atoms with van der Waals surface area (Å²) in [5.74, 6) is 1.75. The third-order valence-electron chi connectivity index (χ3n) is 4.26. The van der Waals surface area contributed by atoms with Crippen molar-refractivity contribution in [2.75, 3.05) is 13.1 Å². The van der Waals surface area contributed by atoms with Crippen LogP contribution in [0.1, 0.15) is 57.8 Å². The largest absolute Gasteiger partial charge is 0.316 e. The van der Waals surface area contributed by atoms with E-state index in [9.17, 15) is 4.79 Å². The van der Waals surface area contributed by atoms with Crippen LogP contribution in [0.2, 0.25) is 0 Å². The predicted molar refractivity (Wildman–Crippen MR) is 66.4 cm³/mol. The molecule has 1 saturated heterocycles. The summed E-state index contributed by atoms with van der Waals surface area (Å²) in [6.45, 7) is 2.31. The predicted octanol–water partition coefficient (Wildman–Crippen LogP) is 2.92. The minimum Gasteiger partial charge on any atom is -0.316 e. The monoisotopic (exact) mass is 223 g/mol. The van der Waals surface area contributed by atoms with E-state index in [1.807, 2.05) is 0 Å². The summed E-state index contributed by atoms with van der Waals surface area (Å²) in [5.41, 5.74) is 0. The van der Waals surface area contributed by atoms with Crippen LogP contribution >= 0.6 is 0 Å². The standard InChI is InChI=1S/C14H25NO/c16-14(13-6-2-1-3-7-13)9-8-12-5-4-10-15-11-12/h12-13,15H,1-11H2. The van der Waals surface area contributed by atoms with E-state index in [2.05, 4.69) is 5.32 Å². The third-order valence-corrected chi connectivity index (χ3v) is 4.26. The van der Waals surface area contributed by atoms with E-state index in [1.165, 1.54) is 51.5 Å². The molecule has 1 saturated carbocycles. The number of nitrogens with one attached hydrogen (secondary N) is 1. The van der Waals surface area contributed by atoms with E-state index in [1.54, 1.807) is 0 Å². The van der Waals surface area contributed by atoms with Gasteiger partial charge in [-0.05, 0) is 51.1 Å². The summed E-state index contributed by atoms with van der Waals surface area (Å²) in [7, 11) is 0. The van der Waals surface area contributed by atoms with Crippen molar-refractivity contribution in [1.82, 2.24) is 5.32 Å². The fraction of sp³-hybridized carbons (Fsp3) is 0.929. The van der Waals surface area contributed by atoms with Gasteiger partial charge in [0.15, 0.2) is 0 Å². The Kier molecular flexibility index (Phi) is 4.83. The van der Waals surface area contributed by atoms with Gasteiger partial charge in [0.05, 0.1) is 0 Å². The van der Waals surface area contributed by atoms with Crippen molar-refractivity contribution in [1.29, 1.82) is 0 Å². The Morgan fingerprint density at radius 1 is 1.06 bits per heavy atom. The summed E-state index contributed by atoms with van der Waals surface area (Å²) in [4.78, 5) is 12.0. The number of Topliss-reactive ketones (excluding diaryl/α,β-unsaturated/α-hetero) is 1. The zero-order chi connectivity index (χ0) is 11.2. The maximum absolute atomic E-state index is 12.0. The minimum absolute atomic E-state index is 0.422. The van der Waals surface area contributed by atoms with Gasteiger partial charge in [-0.1, -0.05) is 19.3 Å². The Balaban J connectivity index is 1.65. The molecule has 1 aliphatic heterocycles. The van der Waals surface area contributed by atoms with Crippen molar-refractivity contribution in [3.63, 3.8) is 0 Å². The van der Waals surface area contributed by atoms with Gasteiger partial charge in [-0.25, -0.2) is 0 Å². The van der Waals surface area contributed by atoms with E-state index in [0.717, 1.165) is 25.3 Å². The van der Waals surface area contributed by atoms with Gasteiger partial charge in [-0.3, -0.25) is 4.79 Å². The van der Waals surface area contributed by atoms with Crippen LogP contribution in [-0.4, -0.2) is 18.9 Å². The number of carbonyl (C=O) groups excluding carboxylic acids is 1. The van der Waals surface area contributed by atoms with Crippen LogP contribution < -0.4 is 5.32 Å². The molecule has 2 rings (SSSR count). The quantitative estimate of drug-likeness (QED) is 0.794. The lowest BCUT2D eigenvalue weighted by Crippen LogP contribution is -2.30. The number of rotatable bonds is 4. The molecule has 0 aromatic heterocycles. The minimum atomic E-state index is 0.422. The normalized spacial score (nSPS) is 27.9. The molecule has 2 aliphatic rings. The van der Waals surface area contributed by atoms with E-state index in [0.29, 0.717) is 11.7 Å². The number of carbonyl (C=O) groups is 1. The van der Waals surface area contributed by atoms with Gasteiger partial charge < -0.3 is 5.32 Å². The topological polar surface area (TPSA) is 29.1 Å². The van der Waals surface area contributed by atoms with Gasteiger partial charge in [-0.2, -0.15) is 0 Å². The molecule has 16 heavy (non-hydrogen) atoms. The summed E-state index contributed by atoms with van der Waals surface area (Å²) in [6, 6.07) is 0. The number of piperidine rings is 1. The summed E-state index contributed by atoms with van der Waals surface area (Å²) < 4.78 is 0. The van der Waals surface area contributed by atoms with Crippen LogP contribution in [0.15, 0.2) is 0 Å². The highest BCUT2D eigenvalue weighted by molar-refractivity contribution is 5.81. The maximum Gasteiger partial charge on any atom is 0.135 e. The second kappa shape index (κ2) is 6.39. The fourth-order valence-corrected chi connectivity index (χ4v) is 3.15. The van der Waals surface area contributed by atoms with Gasteiger partial charge in [0, 0.05) is 12.3 Å². The second-order valence-electron chi connectivity index (χ2n) is 5.55. The first-order valence-corrected chi connectivity index (χ1v) is 7.09. The molecule has 0 amide bonds. The Morgan fingerprint density at radius 3 is 2.56 bits per heavy atom. The molecule has 1 heterocycles. The van der Waals surface area contributed by atoms with Crippen LogP contribution in [0.3, 0.4) is 0 Å². The van der Waals surface area contributed by atoms with Crippen LogP contribution in [0.5, 0.6) is 0 Å². The van der Waals surface area contributed by atoms with Gasteiger partial charge in [0.2, 0.25) is 0 Å². The molecule has 2 heteroatoms. The Labute approximate surface area is 99.2 Å². The van der Waals surface area contributed by atoms with Crippen LogP contribution in [-0.2, 0) is 4.79 Å². The van der Waals surface area contributed by atoms with Crippen LogP contribution in [0.4, 0.5) is 0 Å².